The largest absolute Gasteiger partial charge is 0.355 e. The van der Waals surface area contributed by atoms with Crippen molar-refractivity contribution in [2.24, 2.45) is 0 Å². The van der Waals surface area contributed by atoms with E-state index in [2.05, 4.69) is 10.6 Å². The van der Waals surface area contributed by atoms with Gasteiger partial charge >= 0.3 is 0 Å². The van der Waals surface area contributed by atoms with Crippen LogP contribution in [0.3, 0.4) is 0 Å². The number of amides is 2. The summed E-state index contributed by atoms with van der Waals surface area (Å²) in [6.45, 7) is 2.20. The minimum atomic E-state index is -1.88. The Hall–Kier alpha value is -2.05. The number of fused-ring (bicyclic) bond motifs is 1. The van der Waals surface area contributed by atoms with Gasteiger partial charge in [-0.2, -0.15) is 0 Å². The van der Waals surface area contributed by atoms with E-state index in [1.165, 1.54) is 6.92 Å². The molecule has 0 saturated heterocycles. The molecule has 2 aromatic rings. The van der Waals surface area contributed by atoms with Crippen LogP contribution in [-0.2, 0) is 4.79 Å². The number of hydrogen-bond acceptors (Lipinski definition) is 3. The molecule has 0 spiro atoms. The van der Waals surface area contributed by atoms with Crippen LogP contribution in [-0.4, -0.2) is 42.0 Å². The van der Waals surface area contributed by atoms with E-state index < -0.39 is 10.3 Å². The fraction of sp³-hybridized carbons (Fsp3) is 0.294. The van der Waals surface area contributed by atoms with Gasteiger partial charge in [-0.05, 0) is 41.5 Å². The Balaban J connectivity index is 2.22. The molecular weight excluding hydrogens is 312 g/mol. The lowest BCUT2D eigenvalue weighted by atomic mass is 10.1. The van der Waals surface area contributed by atoms with Crippen molar-refractivity contribution in [3.8, 4) is 0 Å². The molecule has 124 valence electrons. The van der Waals surface area contributed by atoms with Crippen molar-refractivity contribution >= 4 is 32.9 Å². The highest BCUT2D eigenvalue weighted by atomic mass is 32.3. The Kier molecular flexibility index (Phi) is 5.28. The molecule has 0 unspecified atom stereocenters. The summed E-state index contributed by atoms with van der Waals surface area (Å²) in [7, 11) is -1.88. The number of benzene rings is 2. The van der Waals surface area contributed by atoms with Crippen LogP contribution in [0.25, 0.3) is 10.8 Å². The van der Waals surface area contributed by atoms with Crippen LogP contribution in [0.5, 0.6) is 0 Å². The van der Waals surface area contributed by atoms with Crippen molar-refractivity contribution in [3.63, 3.8) is 0 Å². The lowest BCUT2D eigenvalue weighted by Crippen LogP contribution is -2.33. The quantitative estimate of drug-likeness (QED) is 0.736. The molecule has 0 heterocycles. The maximum absolute atomic E-state index is 12.2. The number of carbonyl (C=O) groups is 2. The molecule has 2 rings (SSSR count). The number of rotatable bonds is 5. The van der Waals surface area contributed by atoms with Gasteiger partial charge in [0.1, 0.15) is 0 Å². The second-order valence-electron chi connectivity index (χ2n) is 5.70. The van der Waals surface area contributed by atoms with Gasteiger partial charge in [0.05, 0.1) is 0 Å². The van der Waals surface area contributed by atoms with Crippen LogP contribution in [0, 0.1) is 0 Å². The highest BCUT2D eigenvalue weighted by Crippen LogP contribution is 2.47. The normalized spacial score (nSPS) is 12.0. The van der Waals surface area contributed by atoms with E-state index in [4.69, 9.17) is 0 Å². The highest BCUT2D eigenvalue weighted by molar-refractivity contribution is 8.28. The number of nitrogens with one attached hydrogen (secondary N) is 2. The lowest BCUT2D eigenvalue weighted by Gasteiger charge is -2.25. The van der Waals surface area contributed by atoms with Gasteiger partial charge < -0.3 is 15.2 Å². The van der Waals surface area contributed by atoms with Crippen molar-refractivity contribution in [1.29, 1.82) is 0 Å². The van der Waals surface area contributed by atoms with E-state index in [0.717, 1.165) is 15.7 Å². The van der Waals surface area contributed by atoms with E-state index in [0.29, 0.717) is 18.7 Å². The van der Waals surface area contributed by atoms with Crippen molar-refractivity contribution in [2.45, 2.75) is 11.8 Å². The molecule has 0 aromatic heterocycles. The van der Waals surface area contributed by atoms with Gasteiger partial charge in [0.25, 0.3) is 5.91 Å². The predicted molar refractivity (Wildman–Crippen MR) is 95.3 cm³/mol. The van der Waals surface area contributed by atoms with Gasteiger partial charge in [-0.15, -0.1) is 10.3 Å². The number of carbonyl (C=O) groups excluding carboxylic acids is 2. The van der Waals surface area contributed by atoms with E-state index in [1.807, 2.05) is 42.8 Å². The highest BCUT2D eigenvalue weighted by Gasteiger charge is 2.15. The maximum Gasteiger partial charge on any atom is 0.251 e. The molecule has 0 atom stereocenters. The Labute approximate surface area is 137 Å². The van der Waals surface area contributed by atoms with E-state index in [-0.39, 0.29) is 11.8 Å². The van der Waals surface area contributed by atoms with E-state index >= 15 is 0 Å². The maximum atomic E-state index is 12.2. The van der Waals surface area contributed by atoms with Gasteiger partial charge in [-0.3, -0.25) is 9.59 Å². The summed E-state index contributed by atoms with van der Waals surface area (Å²) < 4.78 is 10.4. The fourth-order valence-corrected chi connectivity index (χ4v) is 3.46. The molecule has 0 radical (unpaired) electrons. The summed E-state index contributed by atoms with van der Waals surface area (Å²) in [5, 5.41) is 7.28. The molecular formula is C17H22N2O3S. The summed E-state index contributed by atoms with van der Waals surface area (Å²) in [6, 6.07) is 11.2. The molecule has 0 fully saturated rings. The minimum Gasteiger partial charge on any atom is -0.355 e. The zero-order valence-corrected chi connectivity index (χ0v) is 14.4. The molecule has 2 amide bonds. The lowest BCUT2D eigenvalue weighted by molar-refractivity contribution is -0.118. The van der Waals surface area contributed by atoms with E-state index in [9.17, 15) is 14.1 Å². The van der Waals surface area contributed by atoms with Crippen LogP contribution < -0.4 is 10.6 Å². The predicted octanol–water partition coefficient (Wildman–Crippen LogP) is 2.60. The average molecular weight is 334 g/mol. The molecule has 0 aliphatic rings. The summed E-state index contributed by atoms with van der Waals surface area (Å²) in [6.07, 6.45) is 3.61. The van der Waals surface area contributed by atoms with E-state index in [1.54, 1.807) is 6.07 Å². The summed E-state index contributed by atoms with van der Waals surface area (Å²) in [5.41, 5.74) is 0.538. The third kappa shape index (κ3) is 4.46. The molecule has 5 nitrogen and oxygen atoms in total. The van der Waals surface area contributed by atoms with Crippen molar-refractivity contribution in [2.75, 3.05) is 25.6 Å². The van der Waals surface area contributed by atoms with Crippen LogP contribution >= 0.6 is 10.3 Å². The molecule has 23 heavy (non-hydrogen) atoms. The Morgan fingerprint density at radius 3 is 2.43 bits per heavy atom. The summed E-state index contributed by atoms with van der Waals surface area (Å²) >= 11 is 0. The molecule has 0 bridgehead atoms. The third-order valence-electron chi connectivity index (χ3n) is 3.43. The first-order valence-corrected chi connectivity index (χ1v) is 9.71. The molecule has 3 N–H and O–H groups in total. The molecule has 0 aliphatic heterocycles. The SMILES string of the molecule is CC(=O)NCCNC(=O)c1ccc2cccc(S(C)(C)O)c2c1. The molecule has 2 aromatic carbocycles. The van der Waals surface area contributed by atoms with Gasteiger partial charge in [0, 0.05) is 30.5 Å². The van der Waals surface area contributed by atoms with Gasteiger partial charge in [0.15, 0.2) is 0 Å². The summed E-state index contributed by atoms with van der Waals surface area (Å²) in [4.78, 5) is 23.9. The van der Waals surface area contributed by atoms with Crippen LogP contribution in [0.1, 0.15) is 17.3 Å². The standard InChI is InChI=1S/C17H22N2O3S/c1-12(20)18-9-10-19-17(21)14-8-7-13-5-4-6-16(15(13)11-14)23(2,3)22/h4-8,11,22H,9-10H2,1-3H3,(H,18,20)(H,19,21). The topological polar surface area (TPSA) is 78.4 Å². The number of hydrogen-bond donors (Lipinski definition) is 3. The average Bonchev–Trinajstić information content (AvgIpc) is 2.49. The first-order valence-electron chi connectivity index (χ1n) is 7.30. The monoisotopic (exact) mass is 334 g/mol. The molecule has 0 aliphatic carbocycles. The Morgan fingerprint density at radius 2 is 1.78 bits per heavy atom. The van der Waals surface area contributed by atoms with Crippen molar-refractivity contribution < 1.29 is 14.1 Å². The zero-order chi connectivity index (χ0) is 17.0. The second kappa shape index (κ2) is 7.02. The van der Waals surface area contributed by atoms with Crippen molar-refractivity contribution in [1.82, 2.24) is 10.6 Å². The van der Waals surface area contributed by atoms with Gasteiger partial charge in [-0.1, -0.05) is 18.2 Å². The molecule has 0 saturated carbocycles. The first kappa shape index (κ1) is 17.3. The smallest absolute Gasteiger partial charge is 0.251 e. The minimum absolute atomic E-state index is 0.122. The molecule has 6 heteroatoms. The first-order chi connectivity index (χ1) is 10.8. The summed E-state index contributed by atoms with van der Waals surface area (Å²) in [5.74, 6) is -0.319. The van der Waals surface area contributed by atoms with Gasteiger partial charge in [-0.25, -0.2) is 0 Å². The zero-order valence-electron chi connectivity index (χ0n) is 13.6. The van der Waals surface area contributed by atoms with Crippen LogP contribution in [0.4, 0.5) is 0 Å². The Morgan fingerprint density at radius 1 is 1.09 bits per heavy atom. The van der Waals surface area contributed by atoms with Crippen molar-refractivity contribution in [3.05, 3.63) is 42.0 Å². The van der Waals surface area contributed by atoms with Gasteiger partial charge in [0.2, 0.25) is 5.91 Å². The Bertz CT molecular complexity index is 738. The third-order valence-corrected chi connectivity index (χ3v) is 4.86. The second-order valence-corrected chi connectivity index (χ2v) is 8.69. The van der Waals surface area contributed by atoms with Crippen LogP contribution in [0.15, 0.2) is 41.3 Å². The van der Waals surface area contributed by atoms with Crippen LogP contribution in [0.2, 0.25) is 0 Å². The fourth-order valence-electron chi connectivity index (χ4n) is 2.34.